The molecule has 0 bridgehead atoms. The Balaban J connectivity index is 2.10. The zero-order valence-corrected chi connectivity index (χ0v) is 10.2. The van der Waals surface area contributed by atoms with Crippen molar-refractivity contribution in [1.82, 2.24) is 5.32 Å². The number of hydrogen-bond acceptors (Lipinski definition) is 2. The molecule has 1 unspecified atom stereocenters. The van der Waals surface area contributed by atoms with E-state index >= 15 is 0 Å². The van der Waals surface area contributed by atoms with Gasteiger partial charge in [0.05, 0.1) is 5.60 Å². The monoisotopic (exact) mass is 237 g/mol. The first kappa shape index (κ1) is 12.5. The highest BCUT2D eigenvalue weighted by atomic mass is 19.1. The molecule has 2 nitrogen and oxygen atoms in total. The van der Waals surface area contributed by atoms with Gasteiger partial charge in [-0.25, -0.2) is 4.39 Å². The lowest BCUT2D eigenvalue weighted by Gasteiger charge is -2.31. The minimum Gasteiger partial charge on any atom is -0.385 e. The third-order valence-corrected chi connectivity index (χ3v) is 3.60. The van der Waals surface area contributed by atoms with Gasteiger partial charge in [0.1, 0.15) is 5.82 Å². The Morgan fingerprint density at radius 2 is 2.00 bits per heavy atom. The van der Waals surface area contributed by atoms with Crippen molar-refractivity contribution in [2.75, 3.05) is 13.1 Å². The van der Waals surface area contributed by atoms with Crippen molar-refractivity contribution >= 4 is 0 Å². The van der Waals surface area contributed by atoms with Crippen LogP contribution in [0.1, 0.15) is 31.7 Å². The Bertz CT molecular complexity index is 372. The molecule has 0 spiro atoms. The lowest BCUT2D eigenvalue weighted by Crippen LogP contribution is -2.33. The van der Waals surface area contributed by atoms with Gasteiger partial charge < -0.3 is 10.4 Å². The fraction of sp³-hybridized carbons (Fsp3) is 0.571. The summed E-state index contributed by atoms with van der Waals surface area (Å²) in [5.41, 5.74) is -0.647. The number of piperidine rings is 1. The molecule has 1 aliphatic heterocycles. The quantitative estimate of drug-likeness (QED) is 0.846. The molecule has 1 aromatic carbocycles. The van der Waals surface area contributed by atoms with E-state index in [0.717, 1.165) is 25.9 Å². The molecule has 2 rings (SSSR count). The number of aliphatic hydroxyl groups is 1. The van der Waals surface area contributed by atoms with Gasteiger partial charge in [0.2, 0.25) is 0 Å². The maximum atomic E-state index is 13.7. The normalized spacial score (nSPS) is 21.1. The third kappa shape index (κ3) is 3.05. The summed E-state index contributed by atoms with van der Waals surface area (Å²) in [6, 6.07) is 6.51. The molecule has 1 atom stereocenters. The molecule has 1 heterocycles. The van der Waals surface area contributed by atoms with E-state index in [-0.39, 0.29) is 5.82 Å². The molecule has 0 saturated carbocycles. The van der Waals surface area contributed by atoms with Crippen LogP contribution in [0.2, 0.25) is 0 Å². The van der Waals surface area contributed by atoms with Crippen molar-refractivity contribution in [1.29, 1.82) is 0 Å². The third-order valence-electron chi connectivity index (χ3n) is 3.60. The number of hydrogen-bond donors (Lipinski definition) is 2. The maximum Gasteiger partial charge on any atom is 0.129 e. The Morgan fingerprint density at radius 3 is 2.65 bits per heavy atom. The molecular weight excluding hydrogens is 217 g/mol. The second-order valence-electron chi connectivity index (χ2n) is 5.15. The van der Waals surface area contributed by atoms with Crippen LogP contribution in [0.4, 0.5) is 4.39 Å². The van der Waals surface area contributed by atoms with Crippen LogP contribution in [0.5, 0.6) is 0 Å². The molecule has 0 amide bonds. The van der Waals surface area contributed by atoms with Crippen molar-refractivity contribution < 1.29 is 9.50 Å². The van der Waals surface area contributed by atoms with Crippen LogP contribution in [0.25, 0.3) is 0 Å². The van der Waals surface area contributed by atoms with E-state index in [1.165, 1.54) is 6.07 Å². The van der Waals surface area contributed by atoms with E-state index in [0.29, 0.717) is 17.9 Å². The Kier molecular flexibility index (Phi) is 3.79. The Morgan fingerprint density at radius 1 is 1.35 bits per heavy atom. The molecule has 94 valence electrons. The summed E-state index contributed by atoms with van der Waals surface area (Å²) >= 11 is 0. The highest BCUT2D eigenvalue weighted by Gasteiger charge is 2.30. The summed E-state index contributed by atoms with van der Waals surface area (Å²) in [6.45, 7) is 3.71. The highest BCUT2D eigenvalue weighted by Crippen LogP contribution is 2.32. The molecule has 2 N–H and O–H groups in total. The molecule has 1 aliphatic rings. The van der Waals surface area contributed by atoms with Gasteiger partial charge in [-0.15, -0.1) is 0 Å². The predicted octanol–water partition coefficient (Wildman–Crippen LogP) is 2.42. The first-order valence-electron chi connectivity index (χ1n) is 6.28. The van der Waals surface area contributed by atoms with Gasteiger partial charge in [-0.1, -0.05) is 18.2 Å². The van der Waals surface area contributed by atoms with Gasteiger partial charge in [-0.2, -0.15) is 0 Å². The second-order valence-corrected chi connectivity index (χ2v) is 5.15. The number of benzene rings is 1. The van der Waals surface area contributed by atoms with Crippen molar-refractivity contribution in [2.24, 2.45) is 5.92 Å². The van der Waals surface area contributed by atoms with Crippen molar-refractivity contribution in [3.63, 3.8) is 0 Å². The first-order valence-corrected chi connectivity index (χ1v) is 6.28. The summed E-state index contributed by atoms with van der Waals surface area (Å²) in [5, 5.41) is 13.8. The molecule has 1 aromatic rings. The minimum atomic E-state index is -1.06. The summed E-state index contributed by atoms with van der Waals surface area (Å²) in [6.07, 6.45) is 2.75. The Labute approximate surface area is 102 Å². The summed E-state index contributed by atoms with van der Waals surface area (Å²) < 4.78 is 13.7. The van der Waals surface area contributed by atoms with Crippen LogP contribution in [-0.2, 0) is 5.60 Å². The van der Waals surface area contributed by atoms with E-state index in [1.54, 1.807) is 25.1 Å². The van der Waals surface area contributed by atoms with E-state index in [2.05, 4.69) is 5.32 Å². The van der Waals surface area contributed by atoms with E-state index in [4.69, 9.17) is 0 Å². The van der Waals surface area contributed by atoms with Gasteiger partial charge in [-0.3, -0.25) is 0 Å². The standard InChI is InChI=1S/C14H20FNO/c1-14(17,10-11-6-8-16-9-7-11)12-4-2-3-5-13(12)15/h2-5,11,16-17H,6-10H2,1H3. The van der Waals surface area contributed by atoms with Gasteiger partial charge in [-0.05, 0) is 51.3 Å². The number of halogens is 1. The van der Waals surface area contributed by atoms with Crippen LogP contribution in [-0.4, -0.2) is 18.2 Å². The molecule has 1 saturated heterocycles. The lowest BCUT2D eigenvalue weighted by atomic mass is 9.82. The number of rotatable bonds is 3. The fourth-order valence-electron chi connectivity index (χ4n) is 2.66. The average Bonchev–Trinajstić information content (AvgIpc) is 2.30. The van der Waals surface area contributed by atoms with E-state index in [9.17, 15) is 9.50 Å². The highest BCUT2D eigenvalue weighted by molar-refractivity contribution is 5.23. The van der Waals surface area contributed by atoms with Crippen LogP contribution in [0.3, 0.4) is 0 Å². The van der Waals surface area contributed by atoms with Gasteiger partial charge in [0.15, 0.2) is 0 Å². The zero-order chi connectivity index (χ0) is 12.3. The molecule has 0 radical (unpaired) electrons. The summed E-state index contributed by atoms with van der Waals surface area (Å²) in [7, 11) is 0. The van der Waals surface area contributed by atoms with Crippen LogP contribution in [0, 0.1) is 11.7 Å². The zero-order valence-electron chi connectivity index (χ0n) is 10.2. The van der Waals surface area contributed by atoms with Crippen LogP contribution in [0.15, 0.2) is 24.3 Å². The molecule has 17 heavy (non-hydrogen) atoms. The summed E-state index contributed by atoms with van der Waals surface area (Å²) in [4.78, 5) is 0. The van der Waals surface area contributed by atoms with Gasteiger partial charge in [0, 0.05) is 5.56 Å². The molecule has 0 aliphatic carbocycles. The minimum absolute atomic E-state index is 0.313. The topological polar surface area (TPSA) is 32.3 Å². The molecule has 3 heteroatoms. The van der Waals surface area contributed by atoms with E-state index in [1.807, 2.05) is 0 Å². The second kappa shape index (κ2) is 5.15. The van der Waals surface area contributed by atoms with Crippen molar-refractivity contribution in [3.8, 4) is 0 Å². The first-order chi connectivity index (χ1) is 8.09. The van der Waals surface area contributed by atoms with Crippen molar-refractivity contribution in [3.05, 3.63) is 35.6 Å². The SMILES string of the molecule is CC(O)(CC1CCNCC1)c1ccccc1F. The fourth-order valence-corrected chi connectivity index (χ4v) is 2.66. The maximum absolute atomic E-state index is 13.7. The lowest BCUT2D eigenvalue weighted by molar-refractivity contribution is 0.0218. The van der Waals surface area contributed by atoms with Gasteiger partial charge >= 0.3 is 0 Å². The van der Waals surface area contributed by atoms with Crippen molar-refractivity contribution in [2.45, 2.75) is 31.8 Å². The summed E-state index contributed by atoms with van der Waals surface area (Å²) in [5.74, 6) is 0.164. The predicted molar refractivity (Wildman–Crippen MR) is 66.2 cm³/mol. The Hall–Kier alpha value is -0.930. The smallest absolute Gasteiger partial charge is 0.129 e. The largest absolute Gasteiger partial charge is 0.385 e. The van der Waals surface area contributed by atoms with Gasteiger partial charge in [0.25, 0.3) is 0 Å². The van der Waals surface area contributed by atoms with Crippen LogP contribution >= 0.6 is 0 Å². The molecule has 0 aromatic heterocycles. The molecule has 1 fully saturated rings. The average molecular weight is 237 g/mol. The van der Waals surface area contributed by atoms with E-state index < -0.39 is 5.60 Å². The van der Waals surface area contributed by atoms with Crippen LogP contribution < -0.4 is 5.32 Å². The molecular formula is C14H20FNO. The number of nitrogens with one attached hydrogen (secondary N) is 1.